The van der Waals surface area contributed by atoms with E-state index < -0.39 is 0 Å². The Labute approximate surface area is 91.7 Å². The van der Waals surface area contributed by atoms with Crippen LogP contribution < -0.4 is 0 Å². The number of aromatic nitrogens is 4. The van der Waals surface area contributed by atoms with E-state index in [1.165, 1.54) is 0 Å². The van der Waals surface area contributed by atoms with Gasteiger partial charge in [-0.1, -0.05) is 0 Å². The normalized spacial score (nSPS) is 16.4. The summed E-state index contributed by atoms with van der Waals surface area (Å²) in [6.45, 7) is 3.06. The van der Waals surface area contributed by atoms with Gasteiger partial charge in [-0.3, -0.25) is 9.89 Å². The lowest BCUT2D eigenvalue weighted by Crippen LogP contribution is -2.47. The molecule has 0 spiro atoms. The summed E-state index contributed by atoms with van der Waals surface area (Å²) < 4.78 is 0. The highest BCUT2D eigenvalue weighted by Crippen LogP contribution is 2.28. The number of nitrogens with one attached hydrogen (secondary N) is 1. The maximum Gasteiger partial charge on any atom is 0.219 e. The second kappa shape index (κ2) is 3.26. The molecule has 2 aromatic rings. The first-order chi connectivity index (χ1) is 7.75. The second-order valence-corrected chi connectivity index (χ2v) is 3.99. The van der Waals surface area contributed by atoms with Crippen LogP contribution in [-0.2, 0) is 4.79 Å². The van der Waals surface area contributed by atoms with Gasteiger partial charge in [-0.05, 0) is 0 Å². The SMILES string of the molecule is CC(=O)N1CC(c2[nH]nc3nccnc23)C1. The molecule has 0 aliphatic carbocycles. The van der Waals surface area contributed by atoms with Gasteiger partial charge in [0.05, 0.1) is 5.69 Å². The molecular weight excluding hydrogens is 206 g/mol. The highest BCUT2D eigenvalue weighted by Gasteiger charge is 2.32. The van der Waals surface area contributed by atoms with Crippen molar-refractivity contribution in [3.63, 3.8) is 0 Å². The molecule has 6 nitrogen and oxygen atoms in total. The molecule has 0 aromatic carbocycles. The number of carbonyl (C=O) groups excluding carboxylic acids is 1. The van der Waals surface area contributed by atoms with Gasteiger partial charge >= 0.3 is 0 Å². The monoisotopic (exact) mass is 217 g/mol. The minimum Gasteiger partial charge on any atom is -0.341 e. The van der Waals surface area contributed by atoms with Gasteiger partial charge in [0.2, 0.25) is 5.91 Å². The average molecular weight is 217 g/mol. The number of hydrogen-bond donors (Lipinski definition) is 1. The summed E-state index contributed by atoms with van der Waals surface area (Å²) >= 11 is 0. The molecule has 3 heterocycles. The number of rotatable bonds is 1. The summed E-state index contributed by atoms with van der Waals surface area (Å²) in [5.74, 6) is 0.428. The number of carbonyl (C=O) groups is 1. The van der Waals surface area contributed by atoms with Gasteiger partial charge in [-0.25, -0.2) is 9.97 Å². The Kier molecular flexibility index (Phi) is 1.89. The molecule has 82 valence electrons. The van der Waals surface area contributed by atoms with Crippen LogP contribution in [0.4, 0.5) is 0 Å². The lowest BCUT2D eigenvalue weighted by atomic mass is 9.96. The number of likely N-dealkylation sites (tertiary alicyclic amines) is 1. The fraction of sp³-hybridized carbons (Fsp3) is 0.400. The van der Waals surface area contributed by atoms with Crippen LogP contribution in [0.25, 0.3) is 11.2 Å². The van der Waals surface area contributed by atoms with E-state index in [0.29, 0.717) is 11.6 Å². The van der Waals surface area contributed by atoms with E-state index in [2.05, 4.69) is 20.2 Å². The van der Waals surface area contributed by atoms with Gasteiger partial charge in [0.25, 0.3) is 0 Å². The number of nitrogens with zero attached hydrogens (tertiary/aromatic N) is 4. The van der Waals surface area contributed by atoms with Crippen molar-refractivity contribution in [3.05, 3.63) is 18.1 Å². The van der Waals surface area contributed by atoms with Gasteiger partial charge < -0.3 is 4.90 Å². The zero-order valence-electron chi connectivity index (χ0n) is 8.84. The predicted octanol–water partition coefficient (Wildman–Crippen LogP) is 0.299. The van der Waals surface area contributed by atoms with Crippen LogP contribution in [0.3, 0.4) is 0 Å². The Bertz CT molecular complexity index is 543. The van der Waals surface area contributed by atoms with Gasteiger partial charge in [0.15, 0.2) is 5.65 Å². The van der Waals surface area contributed by atoms with E-state index in [9.17, 15) is 4.79 Å². The molecule has 1 fully saturated rings. The smallest absolute Gasteiger partial charge is 0.219 e. The largest absolute Gasteiger partial charge is 0.341 e. The summed E-state index contributed by atoms with van der Waals surface area (Å²) in [6.07, 6.45) is 3.28. The van der Waals surface area contributed by atoms with Crippen molar-refractivity contribution >= 4 is 17.1 Å². The lowest BCUT2D eigenvalue weighted by Gasteiger charge is -2.37. The van der Waals surface area contributed by atoms with Crippen LogP contribution in [0.15, 0.2) is 12.4 Å². The van der Waals surface area contributed by atoms with Crippen molar-refractivity contribution in [2.45, 2.75) is 12.8 Å². The maximum absolute atomic E-state index is 11.1. The lowest BCUT2D eigenvalue weighted by molar-refractivity contribution is -0.133. The van der Waals surface area contributed by atoms with E-state index in [-0.39, 0.29) is 5.91 Å². The van der Waals surface area contributed by atoms with Crippen molar-refractivity contribution in [3.8, 4) is 0 Å². The molecular formula is C10H11N5O. The number of fused-ring (bicyclic) bond motifs is 1. The highest BCUT2D eigenvalue weighted by molar-refractivity contribution is 5.76. The summed E-state index contributed by atoms with van der Waals surface area (Å²) in [7, 11) is 0. The quantitative estimate of drug-likeness (QED) is 0.745. The fourth-order valence-corrected chi connectivity index (χ4v) is 1.97. The van der Waals surface area contributed by atoms with Crippen molar-refractivity contribution in [1.29, 1.82) is 0 Å². The van der Waals surface area contributed by atoms with Crippen LogP contribution in [0.5, 0.6) is 0 Å². The molecule has 0 unspecified atom stereocenters. The van der Waals surface area contributed by atoms with E-state index >= 15 is 0 Å². The molecule has 0 bridgehead atoms. The molecule has 1 saturated heterocycles. The Morgan fingerprint density at radius 2 is 2.19 bits per heavy atom. The first-order valence-electron chi connectivity index (χ1n) is 5.16. The number of hydrogen-bond acceptors (Lipinski definition) is 4. The predicted molar refractivity (Wildman–Crippen MR) is 56.7 cm³/mol. The first-order valence-corrected chi connectivity index (χ1v) is 5.16. The third-order valence-corrected chi connectivity index (χ3v) is 2.95. The van der Waals surface area contributed by atoms with Crippen LogP contribution in [0, 0.1) is 0 Å². The minimum absolute atomic E-state index is 0.117. The third-order valence-electron chi connectivity index (χ3n) is 2.95. The molecule has 6 heteroatoms. The Morgan fingerprint density at radius 1 is 1.44 bits per heavy atom. The average Bonchev–Trinajstić information content (AvgIpc) is 2.60. The molecule has 1 aliphatic heterocycles. The first kappa shape index (κ1) is 9.26. The molecule has 1 N–H and O–H groups in total. The molecule has 2 aromatic heterocycles. The summed E-state index contributed by atoms with van der Waals surface area (Å²) in [5, 5.41) is 7.05. The highest BCUT2D eigenvalue weighted by atomic mass is 16.2. The van der Waals surface area contributed by atoms with Crippen molar-refractivity contribution in [2.24, 2.45) is 0 Å². The standard InChI is InChI=1S/C10H11N5O/c1-6(16)15-4-7(5-15)8-9-10(14-13-8)12-3-2-11-9/h2-3,7H,4-5H2,1H3,(H,12,13,14). The van der Waals surface area contributed by atoms with Gasteiger partial charge in [0, 0.05) is 38.3 Å². The van der Waals surface area contributed by atoms with Gasteiger partial charge in [0.1, 0.15) is 5.52 Å². The minimum atomic E-state index is 0.117. The molecule has 1 aliphatic rings. The fourth-order valence-electron chi connectivity index (χ4n) is 1.97. The number of amides is 1. The van der Waals surface area contributed by atoms with Crippen molar-refractivity contribution in [1.82, 2.24) is 25.1 Å². The molecule has 16 heavy (non-hydrogen) atoms. The third kappa shape index (κ3) is 1.26. The van der Waals surface area contributed by atoms with Gasteiger partial charge in [-0.15, -0.1) is 0 Å². The maximum atomic E-state index is 11.1. The molecule has 0 radical (unpaired) electrons. The van der Waals surface area contributed by atoms with E-state index in [0.717, 1.165) is 24.3 Å². The topological polar surface area (TPSA) is 74.8 Å². The van der Waals surface area contributed by atoms with Crippen LogP contribution in [-0.4, -0.2) is 44.1 Å². The molecule has 1 amide bonds. The number of aromatic amines is 1. The number of H-pyrrole nitrogens is 1. The van der Waals surface area contributed by atoms with Crippen molar-refractivity contribution < 1.29 is 4.79 Å². The van der Waals surface area contributed by atoms with Crippen LogP contribution in [0.1, 0.15) is 18.5 Å². The van der Waals surface area contributed by atoms with Crippen LogP contribution >= 0.6 is 0 Å². The molecule has 3 rings (SSSR count). The Balaban J connectivity index is 1.89. The zero-order valence-corrected chi connectivity index (χ0v) is 8.84. The second-order valence-electron chi connectivity index (χ2n) is 3.99. The van der Waals surface area contributed by atoms with E-state index in [1.807, 2.05) is 0 Å². The molecule has 0 saturated carbocycles. The summed E-state index contributed by atoms with van der Waals surface area (Å²) in [6, 6.07) is 0. The Morgan fingerprint density at radius 3 is 2.94 bits per heavy atom. The van der Waals surface area contributed by atoms with Crippen LogP contribution in [0.2, 0.25) is 0 Å². The molecule has 0 atom stereocenters. The Hall–Kier alpha value is -1.98. The summed E-state index contributed by atoms with van der Waals surface area (Å²) in [5.41, 5.74) is 2.44. The van der Waals surface area contributed by atoms with E-state index in [1.54, 1.807) is 24.2 Å². The summed E-state index contributed by atoms with van der Waals surface area (Å²) in [4.78, 5) is 21.2. The van der Waals surface area contributed by atoms with Gasteiger partial charge in [-0.2, -0.15) is 5.10 Å². The van der Waals surface area contributed by atoms with E-state index in [4.69, 9.17) is 0 Å². The zero-order chi connectivity index (χ0) is 11.1. The van der Waals surface area contributed by atoms with Crippen molar-refractivity contribution in [2.75, 3.05) is 13.1 Å².